The smallest absolute Gasteiger partial charge is 0.160 e. The van der Waals surface area contributed by atoms with E-state index in [2.05, 4.69) is 25.2 Å². The summed E-state index contributed by atoms with van der Waals surface area (Å²) in [5.74, 6) is 0.769. The van der Waals surface area contributed by atoms with Gasteiger partial charge in [0.1, 0.15) is 5.69 Å². The van der Waals surface area contributed by atoms with Gasteiger partial charge in [0.15, 0.2) is 5.82 Å². The molecule has 1 aliphatic heterocycles. The lowest BCUT2D eigenvalue weighted by Gasteiger charge is -2.26. The second kappa shape index (κ2) is 6.47. The summed E-state index contributed by atoms with van der Waals surface area (Å²) >= 11 is 0. The van der Waals surface area contributed by atoms with Crippen molar-refractivity contribution in [3.8, 4) is 11.5 Å². The Hall–Kier alpha value is -2.25. The van der Waals surface area contributed by atoms with Crippen LogP contribution >= 0.6 is 0 Å². The molecule has 0 radical (unpaired) electrons. The Bertz CT molecular complexity index is 741. The molecule has 0 spiro atoms. The first-order valence-corrected chi connectivity index (χ1v) is 8.04. The van der Waals surface area contributed by atoms with Crippen molar-refractivity contribution < 1.29 is 4.74 Å². The van der Waals surface area contributed by atoms with Gasteiger partial charge in [-0.3, -0.25) is 9.58 Å². The summed E-state index contributed by atoms with van der Waals surface area (Å²) in [5.41, 5.74) is 2.75. The predicted molar refractivity (Wildman–Crippen MR) is 87.0 cm³/mol. The van der Waals surface area contributed by atoms with Gasteiger partial charge in [-0.1, -0.05) is 17.3 Å². The Labute approximate surface area is 134 Å². The third-order valence-electron chi connectivity index (χ3n) is 4.14. The van der Waals surface area contributed by atoms with Gasteiger partial charge in [0.05, 0.1) is 30.4 Å². The maximum Gasteiger partial charge on any atom is 0.160 e. The highest BCUT2D eigenvalue weighted by Gasteiger charge is 2.11. The van der Waals surface area contributed by atoms with Gasteiger partial charge in [0, 0.05) is 26.2 Å². The van der Waals surface area contributed by atoms with Crippen molar-refractivity contribution in [2.75, 3.05) is 32.8 Å². The van der Waals surface area contributed by atoms with Crippen molar-refractivity contribution in [1.82, 2.24) is 29.9 Å². The first kappa shape index (κ1) is 14.3. The highest BCUT2D eigenvalue weighted by molar-refractivity contribution is 5.78. The second-order valence-electron chi connectivity index (χ2n) is 5.78. The van der Waals surface area contributed by atoms with E-state index in [9.17, 15) is 0 Å². The maximum absolute atomic E-state index is 5.36. The molecule has 1 fully saturated rings. The molecule has 120 valence electrons. The number of nitrogens with one attached hydrogen (secondary N) is 1. The molecule has 0 atom stereocenters. The fourth-order valence-electron chi connectivity index (χ4n) is 2.87. The molecule has 0 aliphatic carbocycles. The molecular formula is C16H20N6O. The minimum Gasteiger partial charge on any atom is -0.379 e. The summed E-state index contributed by atoms with van der Waals surface area (Å²) in [4.78, 5) is 10.3. The molecule has 7 heteroatoms. The molecule has 3 heterocycles. The number of rotatable bonds is 5. The summed E-state index contributed by atoms with van der Waals surface area (Å²) in [6.45, 7) is 5.69. The first-order valence-electron chi connectivity index (χ1n) is 8.04. The van der Waals surface area contributed by atoms with Crippen LogP contribution in [0.4, 0.5) is 0 Å². The highest BCUT2D eigenvalue weighted by Crippen LogP contribution is 2.17. The number of ether oxygens (including phenoxy) is 1. The molecule has 4 rings (SSSR count). The van der Waals surface area contributed by atoms with Crippen molar-refractivity contribution >= 4 is 11.0 Å². The van der Waals surface area contributed by atoms with Crippen LogP contribution in [-0.2, 0) is 11.3 Å². The molecule has 23 heavy (non-hydrogen) atoms. The Kier molecular flexibility index (Phi) is 4.04. The standard InChI is InChI=1S/C16H20N6O/c1-2-5-14-13(4-1)17-16(18-14)15-12-22(20-19-15)7-3-6-21-8-10-23-11-9-21/h1-2,4-5,12H,3,6-11H2,(H,17,18). The van der Waals surface area contributed by atoms with Crippen LogP contribution in [-0.4, -0.2) is 62.7 Å². The number of fused-ring (bicyclic) bond motifs is 1. The zero-order valence-corrected chi connectivity index (χ0v) is 13.0. The van der Waals surface area contributed by atoms with Crippen LogP contribution in [0.2, 0.25) is 0 Å². The zero-order valence-electron chi connectivity index (χ0n) is 13.0. The van der Waals surface area contributed by atoms with E-state index < -0.39 is 0 Å². The fourth-order valence-corrected chi connectivity index (χ4v) is 2.87. The van der Waals surface area contributed by atoms with Crippen molar-refractivity contribution in [3.05, 3.63) is 30.5 Å². The molecule has 1 aromatic carbocycles. The molecule has 0 unspecified atom stereocenters. The summed E-state index contributed by atoms with van der Waals surface area (Å²) in [7, 11) is 0. The Morgan fingerprint density at radius 3 is 2.87 bits per heavy atom. The number of para-hydroxylation sites is 2. The molecule has 0 bridgehead atoms. The van der Waals surface area contributed by atoms with Crippen LogP contribution in [0.3, 0.4) is 0 Å². The van der Waals surface area contributed by atoms with Gasteiger partial charge >= 0.3 is 0 Å². The molecule has 2 aromatic heterocycles. The van der Waals surface area contributed by atoms with Gasteiger partial charge in [0.2, 0.25) is 0 Å². The molecule has 1 saturated heterocycles. The molecule has 7 nitrogen and oxygen atoms in total. The molecule has 1 aliphatic rings. The summed E-state index contributed by atoms with van der Waals surface area (Å²) in [5, 5.41) is 8.44. The second-order valence-corrected chi connectivity index (χ2v) is 5.78. The van der Waals surface area contributed by atoms with Gasteiger partial charge in [-0.25, -0.2) is 4.98 Å². The molecule has 3 aromatic rings. The number of H-pyrrole nitrogens is 1. The number of imidazole rings is 1. The quantitative estimate of drug-likeness (QED) is 0.774. The molecule has 0 saturated carbocycles. The third kappa shape index (κ3) is 3.25. The van der Waals surface area contributed by atoms with Gasteiger partial charge in [0.25, 0.3) is 0 Å². The maximum atomic E-state index is 5.36. The predicted octanol–water partition coefficient (Wildman–Crippen LogP) is 1.54. The van der Waals surface area contributed by atoms with Gasteiger partial charge in [-0.05, 0) is 18.6 Å². The number of hydrogen-bond acceptors (Lipinski definition) is 5. The van der Waals surface area contributed by atoms with Crippen LogP contribution in [0.1, 0.15) is 6.42 Å². The van der Waals surface area contributed by atoms with Gasteiger partial charge < -0.3 is 9.72 Å². The number of nitrogens with zero attached hydrogens (tertiary/aromatic N) is 5. The van der Waals surface area contributed by atoms with Crippen LogP contribution in [0.15, 0.2) is 30.5 Å². The number of aromatic nitrogens is 5. The zero-order chi connectivity index (χ0) is 15.5. The lowest BCUT2D eigenvalue weighted by molar-refractivity contribution is 0.0368. The Morgan fingerprint density at radius 1 is 1.13 bits per heavy atom. The minimum absolute atomic E-state index is 0.769. The number of hydrogen-bond donors (Lipinski definition) is 1. The molecule has 0 amide bonds. The van der Waals surface area contributed by atoms with Gasteiger partial charge in [-0.15, -0.1) is 5.10 Å². The topological polar surface area (TPSA) is 71.9 Å². The number of aryl methyl sites for hydroxylation is 1. The van der Waals surface area contributed by atoms with Crippen LogP contribution < -0.4 is 0 Å². The van der Waals surface area contributed by atoms with E-state index in [-0.39, 0.29) is 0 Å². The summed E-state index contributed by atoms with van der Waals surface area (Å²) in [6.07, 6.45) is 3.01. The van der Waals surface area contributed by atoms with E-state index in [0.717, 1.165) is 68.4 Å². The Morgan fingerprint density at radius 2 is 2.00 bits per heavy atom. The Balaban J connectivity index is 1.38. The van der Waals surface area contributed by atoms with E-state index >= 15 is 0 Å². The number of morpholine rings is 1. The average molecular weight is 312 g/mol. The van der Waals surface area contributed by atoms with Crippen molar-refractivity contribution in [1.29, 1.82) is 0 Å². The van der Waals surface area contributed by atoms with Crippen molar-refractivity contribution in [3.63, 3.8) is 0 Å². The van der Waals surface area contributed by atoms with Gasteiger partial charge in [-0.2, -0.15) is 0 Å². The van der Waals surface area contributed by atoms with E-state index in [4.69, 9.17) is 4.74 Å². The molecule has 1 N–H and O–H groups in total. The summed E-state index contributed by atoms with van der Waals surface area (Å²) < 4.78 is 7.25. The number of benzene rings is 1. The molecular weight excluding hydrogens is 292 g/mol. The van der Waals surface area contributed by atoms with E-state index in [0.29, 0.717) is 0 Å². The first-order chi connectivity index (χ1) is 11.4. The lowest BCUT2D eigenvalue weighted by atomic mass is 10.3. The van der Waals surface area contributed by atoms with Crippen molar-refractivity contribution in [2.45, 2.75) is 13.0 Å². The SMILES string of the molecule is c1ccc2[nH]c(-c3cn(CCCN4CCOCC4)nn3)nc2c1. The fraction of sp³-hybridized carbons (Fsp3) is 0.438. The van der Waals surface area contributed by atoms with E-state index in [1.54, 1.807) is 0 Å². The average Bonchev–Trinajstić information content (AvgIpc) is 3.22. The normalized spacial score (nSPS) is 16.2. The third-order valence-corrected chi connectivity index (χ3v) is 4.14. The summed E-state index contributed by atoms with van der Waals surface area (Å²) in [6, 6.07) is 7.98. The minimum atomic E-state index is 0.769. The highest BCUT2D eigenvalue weighted by atomic mass is 16.5. The van der Waals surface area contributed by atoms with E-state index in [1.165, 1.54) is 0 Å². The number of aromatic amines is 1. The largest absolute Gasteiger partial charge is 0.379 e. The monoisotopic (exact) mass is 312 g/mol. The van der Waals surface area contributed by atoms with Crippen LogP contribution in [0.25, 0.3) is 22.6 Å². The lowest BCUT2D eigenvalue weighted by Crippen LogP contribution is -2.37. The van der Waals surface area contributed by atoms with Crippen LogP contribution in [0.5, 0.6) is 0 Å². The van der Waals surface area contributed by atoms with Crippen LogP contribution in [0, 0.1) is 0 Å². The van der Waals surface area contributed by atoms with Crippen molar-refractivity contribution in [2.24, 2.45) is 0 Å². The van der Waals surface area contributed by atoms with E-state index in [1.807, 2.05) is 35.1 Å².